The maximum absolute atomic E-state index is 11.1. The third-order valence-electron chi connectivity index (χ3n) is 2.23. The molecule has 5 heteroatoms. The van der Waals surface area contributed by atoms with Crippen molar-refractivity contribution < 1.29 is 4.79 Å². The van der Waals surface area contributed by atoms with E-state index in [-0.39, 0.29) is 5.91 Å². The molecule has 0 unspecified atom stereocenters. The van der Waals surface area contributed by atoms with E-state index in [4.69, 9.17) is 5.84 Å². The summed E-state index contributed by atoms with van der Waals surface area (Å²) in [6.07, 6.45) is 1.52. The van der Waals surface area contributed by atoms with Gasteiger partial charge in [-0.25, -0.2) is 10.8 Å². The molecule has 3 N–H and O–H groups in total. The molecule has 1 amide bonds. The van der Waals surface area contributed by atoms with Crippen LogP contribution >= 0.6 is 0 Å². The third-order valence-corrected chi connectivity index (χ3v) is 2.23. The van der Waals surface area contributed by atoms with Crippen molar-refractivity contribution >= 4 is 11.7 Å². The second-order valence-corrected chi connectivity index (χ2v) is 3.05. The van der Waals surface area contributed by atoms with Gasteiger partial charge in [0.25, 0.3) is 5.91 Å². The largest absolute Gasteiger partial charge is 0.357 e. The number of hydrazine groups is 1. The van der Waals surface area contributed by atoms with Crippen molar-refractivity contribution in [2.75, 3.05) is 18.0 Å². The highest BCUT2D eigenvalue weighted by Gasteiger charge is 2.06. The number of pyridine rings is 1. The standard InChI is InChI=1S/C10H16N4O/c1-3-14(4-2)9-6-5-8(7-12-9)10(15)13-11/h5-7H,3-4,11H2,1-2H3,(H,13,15). The van der Waals surface area contributed by atoms with Gasteiger partial charge in [-0.2, -0.15) is 0 Å². The van der Waals surface area contributed by atoms with Crippen LogP contribution < -0.4 is 16.2 Å². The van der Waals surface area contributed by atoms with Gasteiger partial charge in [-0.15, -0.1) is 0 Å². The number of nitrogens with zero attached hydrogens (tertiary/aromatic N) is 2. The Morgan fingerprint density at radius 1 is 1.47 bits per heavy atom. The number of amides is 1. The number of hydrogen-bond donors (Lipinski definition) is 2. The van der Waals surface area contributed by atoms with Gasteiger partial charge in [0.2, 0.25) is 0 Å². The minimum absolute atomic E-state index is 0.325. The lowest BCUT2D eigenvalue weighted by Crippen LogP contribution is -2.30. The first-order valence-corrected chi connectivity index (χ1v) is 4.94. The molecule has 1 rings (SSSR count). The fraction of sp³-hybridized carbons (Fsp3) is 0.400. The number of rotatable bonds is 4. The molecule has 0 aliphatic carbocycles. The molecular weight excluding hydrogens is 192 g/mol. The summed E-state index contributed by atoms with van der Waals surface area (Å²) in [5, 5.41) is 0. The molecule has 0 radical (unpaired) electrons. The fourth-order valence-corrected chi connectivity index (χ4v) is 1.34. The van der Waals surface area contributed by atoms with Gasteiger partial charge < -0.3 is 4.90 Å². The molecule has 0 saturated heterocycles. The quantitative estimate of drug-likeness (QED) is 0.430. The summed E-state index contributed by atoms with van der Waals surface area (Å²) < 4.78 is 0. The maximum Gasteiger partial charge on any atom is 0.266 e. The van der Waals surface area contributed by atoms with E-state index in [1.54, 1.807) is 6.07 Å². The second-order valence-electron chi connectivity index (χ2n) is 3.05. The molecule has 0 atom stereocenters. The highest BCUT2D eigenvalue weighted by Crippen LogP contribution is 2.10. The molecule has 0 aliphatic rings. The molecule has 0 saturated carbocycles. The third kappa shape index (κ3) is 2.66. The molecule has 0 fully saturated rings. The molecule has 0 bridgehead atoms. The van der Waals surface area contributed by atoms with Crippen LogP contribution in [-0.4, -0.2) is 24.0 Å². The van der Waals surface area contributed by atoms with Crippen LogP contribution in [0, 0.1) is 0 Å². The number of nitrogens with one attached hydrogen (secondary N) is 1. The number of carbonyl (C=O) groups is 1. The summed E-state index contributed by atoms with van der Waals surface area (Å²) in [7, 11) is 0. The van der Waals surface area contributed by atoms with Crippen LogP contribution in [0.5, 0.6) is 0 Å². The van der Waals surface area contributed by atoms with Crippen molar-refractivity contribution in [1.82, 2.24) is 10.4 Å². The van der Waals surface area contributed by atoms with Crippen molar-refractivity contribution in [3.8, 4) is 0 Å². The van der Waals surface area contributed by atoms with E-state index in [1.165, 1.54) is 6.20 Å². The van der Waals surface area contributed by atoms with Gasteiger partial charge in [0, 0.05) is 19.3 Å². The van der Waals surface area contributed by atoms with Crippen molar-refractivity contribution in [3.05, 3.63) is 23.9 Å². The van der Waals surface area contributed by atoms with Crippen molar-refractivity contribution in [3.63, 3.8) is 0 Å². The van der Waals surface area contributed by atoms with E-state index in [2.05, 4.69) is 29.2 Å². The zero-order valence-electron chi connectivity index (χ0n) is 9.03. The number of nitrogen functional groups attached to an aromatic ring is 1. The van der Waals surface area contributed by atoms with Crippen LogP contribution in [0.2, 0.25) is 0 Å². The maximum atomic E-state index is 11.1. The summed E-state index contributed by atoms with van der Waals surface area (Å²) in [6, 6.07) is 3.53. The number of hydrogen-bond acceptors (Lipinski definition) is 4. The zero-order chi connectivity index (χ0) is 11.3. The van der Waals surface area contributed by atoms with Gasteiger partial charge in [-0.1, -0.05) is 0 Å². The van der Waals surface area contributed by atoms with Crippen molar-refractivity contribution in [1.29, 1.82) is 0 Å². The number of aromatic nitrogens is 1. The summed E-state index contributed by atoms with van der Waals surface area (Å²) >= 11 is 0. The first kappa shape index (κ1) is 11.5. The summed E-state index contributed by atoms with van der Waals surface area (Å²) in [5.74, 6) is 5.56. The second kappa shape index (κ2) is 5.31. The molecule has 0 aliphatic heterocycles. The van der Waals surface area contributed by atoms with E-state index in [1.807, 2.05) is 6.07 Å². The van der Waals surface area contributed by atoms with Gasteiger partial charge in [-0.05, 0) is 26.0 Å². The Balaban J connectivity index is 2.84. The Morgan fingerprint density at radius 2 is 2.13 bits per heavy atom. The average Bonchev–Trinajstić information content (AvgIpc) is 2.30. The van der Waals surface area contributed by atoms with Crippen LogP contribution in [0.25, 0.3) is 0 Å². The summed E-state index contributed by atoms with van der Waals surface area (Å²) in [4.78, 5) is 17.4. The molecular formula is C10H16N4O. The van der Waals surface area contributed by atoms with Gasteiger partial charge in [0.15, 0.2) is 0 Å². The molecule has 0 aromatic carbocycles. The molecule has 15 heavy (non-hydrogen) atoms. The van der Waals surface area contributed by atoms with E-state index in [9.17, 15) is 4.79 Å². The minimum atomic E-state index is -0.325. The van der Waals surface area contributed by atoms with Crippen LogP contribution in [0.4, 0.5) is 5.82 Å². The highest BCUT2D eigenvalue weighted by atomic mass is 16.2. The molecule has 5 nitrogen and oxygen atoms in total. The van der Waals surface area contributed by atoms with Gasteiger partial charge in [0.05, 0.1) is 5.56 Å². The lowest BCUT2D eigenvalue weighted by atomic mass is 10.2. The SMILES string of the molecule is CCN(CC)c1ccc(C(=O)NN)cn1. The topological polar surface area (TPSA) is 71.2 Å². The van der Waals surface area contributed by atoms with Crippen LogP contribution in [-0.2, 0) is 0 Å². The van der Waals surface area contributed by atoms with Gasteiger partial charge >= 0.3 is 0 Å². The van der Waals surface area contributed by atoms with E-state index >= 15 is 0 Å². The number of carbonyl (C=O) groups excluding carboxylic acids is 1. The smallest absolute Gasteiger partial charge is 0.266 e. The Hall–Kier alpha value is -1.62. The number of nitrogens with two attached hydrogens (primary N) is 1. The summed E-state index contributed by atoms with van der Waals surface area (Å²) in [6.45, 7) is 5.91. The molecule has 1 aromatic rings. The Labute approximate surface area is 89.3 Å². The Bertz CT molecular complexity index is 319. The lowest BCUT2D eigenvalue weighted by molar-refractivity contribution is 0.0953. The van der Waals surface area contributed by atoms with Crippen molar-refractivity contribution in [2.45, 2.75) is 13.8 Å². The lowest BCUT2D eigenvalue weighted by Gasteiger charge is -2.19. The van der Waals surface area contributed by atoms with Crippen LogP contribution in [0.15, 0.2) is 18.3 Å². The number of anilines is 1. The monoisotopic (exact) mass is 208 g/mol. The zero-order valence-corrected chi connectivity index (χ0v) is 9.03. The predicted molar refractivity (Wildman–Crippen MR) is 59.5 cm³/mol. The Morgan fingerprint density at radius 3 is 2.53 bits per heavy atom. The van der Waals surface area contributed by atoms with Crippen molar-refractivity contribution in [2.24, 2.45) is 5.84 Å². The van der Waals surface area contributed by atoms with E-state index < -0.39 is 0 Å². The van der Waals surface area contributed by atoms with E-state index in [0.717, 1.165) is 18.9 Å². The molecule has 1 aromatic heterocycles. The fourth-order valence-electron chi connectivity index (χ4n) is 1.34. The first-order chi connectivity index (χ1) is 7.22. The minimum Gasteiger partial charge on any atom is -0.357 e. The normalized spacial score (nSPS) is 9.80. The summed E-state index contributed by atoms with van der Waals surface area (Å²) in [5.41, 5.74) is 2.53. The molecule has 82 valence electrons. The van der Waals surface area contributed by atoms with Gasteiger partial charge in [-0.3, -0.25) is 10.2 Å². The van der Waals surface area contributed by atoms with E-state index in [0.29, 0.717) is 5.56 Å². The predicted octanol–water partition coefficient (Wildman–Crippen LogP) is 0.531. The Kier molecular flexibility index (Phi) is 4.05. The average molecular weight is 208 g/mol. The molecule has 1 heterocycles. The first-order valence-electron chi connectivity index (χ1n) is 4.94. The highest BCUT2D eigenvalue weighted by molar-refractivity contribution is 5.93. The van der Waals surface area contributed by atoms with Crippen LogP contribution in [0.3, 0.4) is 0 Å². The van der Waals surface area contributed by atoms with Crippen LogP contribution in [0.1, 0.15) is 24.2 Å². The molecule has 0 spiro atoms. The van der Waals surface area contributed by atoms with Gasteiger partial charge in [0.1, 0.15) is 5.82 Å².